The second-order valence-electron chi connectivity index (χ2n) is 6.96. The first-order valence-electron chi connectivity index (χ1n) is 8.78. The monoisotopic (exact) mass is 290 g/mol. The Bertz CT molecular complexity index is 450. The molecule has 2 fully saturated rings. The maximum Gasteiger partial charge on any atom is 0.120 e. The van der Waals surface area contributed by atoms with Crippen molar-refractivity contribution < 1.29 is 4.42 Å². The van der Waals surface area contributed by atoms with Gasteiger partial charge in [-0.05, 0) is 69.7 Å². The van der Waals surface area contributed by atoms with Crippen molar-refractivity contribution in [3.05, 3.63) is 23.2 Å². The SMILES string of the molecule is CCC1CCCN(Cc2cc(C)c(CNC3CC3)o2)CC1. The minimum atomic E-state index is 0.745. The van der Waals surface area contributed by atoms with Crippen LogP contribution >= 0.6 is 0 Å². The van der Waals surface area contributed by atoms with Crippen LogP contribution in [0.15, 0.2) is 10.5 Å². The van der Waals surface area contributed by atoms with E-state index in [0.717, 1.165) is 36.6 Å². The van der Waals surface area contributed by atoms with E-state index in [2.05, 4.69) is 30.1 Å². The van der Waals surface area contributed by atoms with Crippen LogP contribution in [0.3, 0.4) is 0 Å². The fourth-order valence-corrected chi connectivity index (χ4v) is 3.38. The van der Waals surface area contributed by atoms with E-state index in [-0.39, 0.29) is 0 Å². The molecule has 0 spiro atoms. The van der Waals surface area contributed by atoms with Gasteiger partial charge in [0.05, 0.1) is 13.1 Å². The normalized spacial score (nSPS) is 24.2. The largest absolute Gasteiger partial charge is 0.463 e. The number of aryl methyl sites for hydroxylation is 1. The maximum atomic E-state index is 6.09. The van der Waals surface area contributed by atoms with Gasteiger partial charge in [-0.2, -0.15) is 0 Å². The average molecular weight is 290 g/mol. The zero-order valence-electron chi connectivity index (χ0n) is 13.7. The number of nitrogens with zero attached hydrogens (tertiary/aromatic N) is 1. The summed E-state index contributed by atoms with van der Waals surface area (Å²) in [6.07, 6.45) is 8.10. The van der Waals surface area contributed by atoms with Gasteiger partial charge in [0.25, 0.3) is 0 Å². The Morgan fingerprint density at radius 2 is 2.10 bits per heavy atom. The molecule has 2 heterocycles. The first-order valence-corrected chi connectivity index (χ1v) is 8.78. The third-order valence-electron chi connectivity index (χ3n) is 5.10. The summed E-state index contributed by atoms with van der Waals surface area (Å²) in [7, 11) is 0. The van der Waals surface area contributed by atoms with Gasteiger partial charge in [0.2, 0.25) is 0 Å². The van der Waals surface area contributed by atoms with Crippen LogP contribution in [0.25, 0.3) is 0 Å². The lowest BCUT2D eigenvalue weighted by Gasteiger charge is -2.18. The molecule has 0 amide bonds. The van der Waals surface area contributed by atoms with Crippen LogP contribution in [0.4, 0.5) is 0 Å². The Hall–Kier alpha value is -0.800. The summed E-state index contributed by atoms with van der Waals surface area (Å²) >= 11 is 0. The molecule has 2 aliphatic rings. The van der Waals surface area contributed by atoms with Crippen molar-refractivity contribution in [2.75, 3.05) is 13.1 Å². The zero-order chi connectivity index (χ0) is 14.7. The Kier molecular flexibility index (Phi) is 5.02. The van der Waals surface area contributed by atoms with E-state index in [1.54, 1.807) is 0 Å². The summed E-state index contributed by atoms with van der Waals surface area (Å²) in [5.41, 5.74) is 1.31. The topological polar surface area (TPSA) is 28.4 Å². The predicted octanol–water partition coefficient (Wildman–Crippen LogP) is 3.85. The molecule has 1 aromatic heterocycles. The van der Waals surface area contributed by atoms with Crippen LogP contribution in [-0.4, -0.2) is 24.0 Å². The van der Waals surface area contributed by atoms with Crippen LogP contribution in [-0.2, 0) is 13.1 Å². The van der Waals surface area contributed by atoms with Gasteiger partial charge in [-0.25, -0.2) is 0 Å². The number of hydrogen-bond donors (Lipinski definition) is 1. The Balaban J connectivity index is 1.52. The van der Waals surface area contributed by atoms with E-state index in [9.17, 15) is 0 Å². The second-order valence-corrected chi connectivity index (χ2v) is 6.96. The minimum Gasteiger partial charge on any atom is -0.463 e. The third kappa shape index (κ3) is 4.33. The van der Waals surface area contributed by atoms with Crippen LogP contribution in [0, 0.1) is 12.8 Å². The smallest absolute Gasteiger partial charge is 0.120 e. The fourth-order valence-electron chi connectivity index (χ4n) is 3.38. The minimum absolute atomic E-state index is 0.745. The summed E-state index contributed by atoms with van der Waals surface area (Å²) in [6.45, 7) is 8.84. The van der Waals surface area contributed by atoms with Crippen LogP contribution in [0.1, 0.15) is 62.5 Å². The Labute approximate surface area is 129 Å². The van der Waals surface area contributed by atoms with E-state index >= 15 is 0 Å². The molecule has 1 saturated heterocycles. The first kappa shape index (κ1) is 15.1. The molecule has 118 valence electrons. The molecule has 1 saturated carbocycles. The molecule has 1 unspecified atom stereocenters. The molecule has 0 radical (unpaired) electrons. The number of nitrogens with one attached hydrogen (secondary N) is 1. The molecule has 21 heavy (non-hydrogen) atoms. The van der Waals surface area contributed by atoms with Gasteiger partial charge in [-0.1, -0.05) is 13.3 Å². The lowest BCUT2D eigenvalue weighted by atomic mass is 9.98. The molecule has 3 heteroatoms. The van der Waals surface area contributed by atoms with Crippen LogP contribution in [0.5, 0.6) is 0 Å². The van der Waals surface area contributed by atoms with E-state index in [0.29, 0.717) is 0 Å². The highest BCUT2D eigenvalue weighted by molar-refractivity contribution is 5.20. The summed E-state index contributed by atoms with van der Waals surface area (Å²) in [4.78, 5) is 2.58. The Morgan fingerprint density at radius 3 is 2.86 bits per heavy atom. The predicted molar refractivity (Wildman–Crippen MR) is 86.2 cm³/mol. The van der Waals surface area contributed by atoms with Crippen LogP contribution < -0.4 is 5.32 Å². The average Bonchev–Trinajstić information content (AvgIpc) is 3.26. The molecule has 1 aliphatic carbocycles. The molecule has 1 aromatic rings. The number of hydrogen-bond acceptors (Lipinski definition) is 3. The van der Waals surface area contributed by atoms with Crippen molar-refractivity contribution in [2.24, 2.45) is 5.92 Å². The van der Waals surface area contributed by atoms with Crippen molar-refractivity contribution in [3.63, 3.8) is 0 Å². The Morgan fingerprint density at radius 1 is 1.24 bits per heavy atom. The summed E-state index contributed by atoms with van der Waals surface area (Å²) in [5, 5.41) is 3.55. The van der Waals surface area contributed by atoms with Gasteiger partial charge >= 0.3 is 0 Å². The summed E-state index contributed by atoms with van der Waals surface area (Å²) in [5.74, 6) is 3.22. The molecule has 1 atom stereocenters. The summed E-state index contributed by atoms with van der Waals surface area (Å²) < 4.78 is 6.09. The highest BCUT2D eigenvalue weighted by Gasteiger charge is 2.22. The summed E-state index contributed by atoms with van der Waals surface area (Å²) in [6, 6.07) is 2.99. The molecule has 1 N–H and O–H groups in total. The van der Waals surface area contributed by atoms with Gasteiger partial charge in [0, 0.05) is 6.04 Å². The maximum absolute atomic E-state index is 6.09. The van der Waals surface area contributed by atoms with Crippen molar-refractivity contribution >= 4 is 0 Å². The standard InChI is InChI=1S/C18H30N2O/c1-3-15-5-4-9-20(10-8-15)13-17-11-14(2)18(21-17)12-19-16-6-7-16/h11,15-16,19H,3-10,12-13H2,1-2H3. The van der Waals surface area contributed by atoms with Gasteiger partial charge < -0.3 is 9.73 Å². The van der Waals surface area contributed by atoms with Crippen molar-refractivity contribution in [2.45, 2.75) is 71.5 Å². The van der Waals surface area contributed by atoms with Gasteiger partial charge in [-0.15, -0.1) is 0 Å². The van der Waals surface area contributed by atoms with Crippen molar-refractivity contribution in [1.29, 1.82) is 0 Å². The van der Waals surface area contributed by atoms with Crippen molar-refractivity contribution in [3.8, 4) is 0 Å². The van der Waals surface area contributed by atoms with E-state index < -0.39 is 0 Å². The van der Waals surface area contributed by atoms with Gasteiger partial charge in [0.1, 0.15) is 11.5 Å². The van der Waals surface area contributed by atoms with Gasteiger partial charge in [0.15, 0.2) is 0 Å². The quantitative estimate of drug-likeness (QED) is 0.862. The molecule has 3 nitrogen and oxygen atoms in total. The van der Waals surface area contributed by atoms with E-state index in [1.165, 1.54) is 57.2 Å². The molecular weight excluding hydrogens is 260 g/mol. The zero-order valence-corrected chi connectivity index (χ0v) is 13.7. The lowest BCUT2D eigenvalue weighted by Crippen LogP contribution is -2.24. The highest BCUT2D eigenvalue weighted by atomic mass is 16.3. The van der Waals surface area contributed by atoms with E-state index in [1.807, 2.05) is 0 Å². The second kappa shape index (κ2) is 6.97. The molecule has 0 bridgehead atoms. The van der Waals surface area contributed by atoms with Gasteiger partial charge in [-0.3, -0.25) is 4.90 Å². The number of furan rings is 1. The number of likely N-dealkylation sites (tertiary alicyclic amines) is 1. The lowest BCUT2D eigenvalue weighted by molar-refractivity contribution is 0.246. The third-order valence-corrected chi connectivity index (χ3v) is 5.10. The highest BCUT2D eigenvalue weighted by Crippen LogP contribution is 2.24. The molecule has 0 aromatic carbocycles. The molecule has 1 aliphatic heterocycles. The van der Waals surface area contributed by atoms with Crippen molar-refractivity contribution in [1.82, 2.24) is 10.2 Å². The first-order chi connectivity index (χ1) is 10.2. The van der Waals surface area contributed by atoms with Crippen LogP contribution in [0.2, 0.25) is 0 Å². The molecular formula is C18H30N2O. The van der Waals surface area contributed by atoms with E-state index in [4.69, 9.17) is 4.42 Å². The fraction of sp³-hybridized carbons (Fsp3) is 0.778. The molecule has 3 rings (SSSR count). The number of rotatable bonds is 6.